The molecule has 154 valence electrons. The van der Waals surface area contributed by atoms with Gasteiger partial charge in [-0.15, -0.1) is 0 Å². The molecule has 3 N–H and O–H groups in total. The predicted octanol–water partition coefficient (Wildman–Crippen LogP) is 3.00. The van der Waals surface area contributed by atoms with Crippen LogP contribution in [0.3, 0.4) is 0 Å². The number of hydrogen-bond donors (Lipinski definition) is 2. The summed E-state index contributed by atoms with van der Waals surface area (Å²) in [6.45, 7) is 3.10. The first-order chi connectivity index (χ1) is 14.5. The van der Waals surface area contributed by atoms with Crippen LogP contribution in [0, 0.1) is 12.8 Å². The number of amides is 2. The Kier molecular flexibility index (Phi) is 5.47. The van der Waals surface area contributed by atoms with E-state index in [9.17, 15) is 9.59 Å². The molecule has 30 heavy (non-hydrogen) atoms. The molecule has 1 saturated heterocycles. The van der Waals surface area contributed by atoms with Gasteiger partial charge < -0.3 is 20.4 Å². The van der Waals surface area contributed by atoms with Crippen LogP contribution in [0.25, 0.3) is 11.5 Å². The fourth-order valence-electron chi connectivity index (χ4n) is 3.57. The molecule has 3 aromatic rings. The summed E-state index contributed by atoms with van der Waals surface area (Å²) in [6, 6.07) is 13.0. The number of carbonyl (C=O) groups excluding carboxylic acids is 2. The first kappa shape index (κ1) is 19.6. The van der Waals surface area contributed by atoms with Crippen molar-refractivity contribution in [2.75, 3.05) is 23.3 Å². The molecule has 1 atom stereocenters. The Balaban J connectivity index is 1.44. The molecule has 1 fully saturated rings. The quantitative estimate of drug-likeness (QED) is 0.674. The van der Waals surface area contributed by atoms with Gasteiger partial charge in [0.15, 0.2) is 5.69 Å². The average molecular weight is 405 g/mol. The molecular formula is C22H23N5O3. The highest BCUT2D eigenvalue weighted by Gasteiger charge is 2.25. The lowest BCUT2D eigenvalue weighted by Crippen LogP contribution is -2.41. The van der Waals surface area contributed by atoms with Gasteiger partial charge in [-0.1, -0.05) is 18.2 Å². The number of carbonyl (C=O) groups is 2. The Labute approximate surface area is 174 Å². The van der Waals surface area contributed by atoms with Crippen molar-refractivity contribution in [3.8, 4) is 11.5 Å². The van der Waals surface area contributed by atoms with Crippen molar-refractivity contribution in [3.05, 3.63) is 60.1 Å². The first-order valence-corrected chi connectivity index (χ1v) is 9.86. The number of nitrogens with zero attached hydrogens (tertiary/aromatic N) is 3. The maximum Gasteiger partial charge on any atom is 0.277 e. The van der Waals surface area contributed by atoms with Crippen molar-refractivity contribution in [1.29, 1.82) is 0 Å². The molecule has 0 saturated carbocycles. The van der Waals surface area contributed by atoms with Gasteiger partial charge in [-0.2, -0.15) is 0 Å². The maximum atomic E-state index is 12.7. The number of anilines is 2. The number of aryl methyl sites for hydroxylation is 1. The van der Waals surface area contributed by atoms with Crippen molar-refractivity contribution in [2.45, 2.75) is 19.8 Å². The lowest BCUT2D eigenvalue weighted by molar-refractivity contribution is -0.122. The molecule has 1 aliphatic heterocycles. The first-order valence-electron chi connectivity index (χ1n) is 9.86. The van der Waals surface area contributed by atoms with E-state index in [-0.39, 0.29) is 23.4 Å². The summed E-state index contributed by atoms with van der Waals surface area (Å²) < 4.78 is 5.66. The standard InChI is InChI=1S/C22H23N5O3/c1-14-19(26-22(30-14)15-6-3-2-4-7-15)21(29)25-17-9-10-18(24-12-17)27-11-5-8-16(13-27)20(23)28/h2-4,6-7,9-10,12,16H,5,8,11,13H2,1H3,(H2,23,28)(H,25,29). The number of piperidine rings is 1. The van der Waals surface area contributed by atoms with Gasteiger partial charge >= 0.3 is 0 Å². The average Bonchev–Trinajstić information content (AvgIpc) is 3.17. The minimum absolute atomic E-state index is 0.158. The summed E-state index contributed by atoms with van der Waals surface area (Å²) in [5.74, 6) is 0.806. The molecular weight excluding hydrogens is 382 g/mol. The minimum Gasteiger partial charge on any atom is -0.441 e. The van der Waals surface area contributed by atoms with Gasteiger partial charge in [0.05, 0.1) is 17.8 Å². The van der Waals surface area contributed by atoms with Gasteiger partial charge in [0.1, 0.15) is 11.6 Å². The fraction of sp³-hybridized carbons (Fsp3) is 0.273. The van der Waals surface area contributed by atoms with E-state index >= 15 is 0 Å². The van der Waals surface area contributed by atoms with Crippen molar-refractivity contribution >= 4 is 23.3 Å². The minimum atomic E-state index is -0.361. The van der Waals surface area contributed by atoms with Crippen LogP contribution < -0.4 is 16.0 Å². The third kappa shape index (κ3) is 4.17. The van der Waals surface area contributed by atoms with Gasteiger partial charge in [-0.05, 0) is 44.0 Å². The molecule has 3 heterocycles. The molecule has 4 rings (SSSR count). The lowest BCUT2D eigenvalue weighted by Gasteiger charge is -2.32. The van der Waals surface area contributed by atoms with Crippen LogP contribution in [-0.4, -0.2) is 34.9 Å². The SMILES string of the molecule is Cc1oc(-c2ccccc2)nc1C(=O)Nc1ccc(N2CCCC(C(N)=O)C2)nc1. The van der Waals surface area contributed by atoms with E-state index in [1.54, 1.807) is 19.2 Å². The van der Waals surface area contributed by atoms with Crippen molar-refractivity contribution in [1.82, 2.24) is 9.97 Å². The Hall–Kier alpha value is -3.68. The van der Waals surface area contributed by atoms with E-state index in [1.165, 1.54) is 0 Å². The number of hydrogen-bond acceptors (Lipinski definition) is 6. The molecule has 1 aromatic carbocycles. The third-order valence-corrected chi connectivity index (χ3v) is 5.19. The van der Waals surface area contributed by atoms with E-state index in [4.69, 9.17) is 10.2 Å². The molecule has 1 unspecified atom stereocenters. The second-order valence-electron chi connectivity index (χ2n) is 7.34. The summed E-state index contributed by atoms with van der Waals surface area (Å²) in [4.78, 5) is 35.0. The maximum absolute atomic E-state index is 12.7. The van der Waals surface area contributed by atoms with Crippen LogP contribution in [0.15, 0.2) is 53.1 Å². The predicted molar refractivity (Wildman–Crippen MR) is 113 cm³/mol. The molecule has 2 aromatic heterocycles. The largest absolute Gasteiger partial charge is 0.441 e. The normalized spacial score (nSPS) is 16.3. The lowest BCUT2D eigenvalue weighted by atomic mass is 9.97. The van der Waals surface area contributed by atoms with Gasteiger partial charge in [-0.25, -0.2) is 9.97 Å². The zero-order chi connectivity index (χ0) is 21.1. The van der Waals surface area contributed by atoms with Gasteiger partial charge in [0.2, 0.25) is 11.8 Å². The number of nitrogens with two attached hydrogens (primary N) is 1. The number of nitrogens with one attached hydrogen (secondary N) is 1. The number of aromatic nitrogens is 2. The van der Waals surface area contributed by atoms with Gasteiger partial charge in [0, 0.05) is 18.7 Å². The highest BCUT2D eigenvalue weighted by atomic mass is 16.4. The van der Waals surface area contributed by atoms with E-state index in [0.29, 0.717) is 23.9 Å². The number of rotatable bonds is 5. The highest BCUT2D eigenvalue weighted by Crippen LogP contribution is 2.24. The smallest absolute Gasteiger partial charge is 0.277 e. The van der Waals surface area contributed by atoms with E-state index in [2.05, 4.69) is 15.3 Å². The number of oxazole rings is 1. The highest BCUT2D eigenvalue weighted by molar-refractivity contribution is 6.03. The van der Waals surface area contributed by atoms with Crippen LogP contribution in [-0.2, 0) is 4.79 Å². The summed E-state index contributed by atoms with van der Waals surface area (Å²) in [7, 11) is 0. The van der Waals surface area contributed by atoms with E-state index < -0.39 is 0 Å². The Bertz CT molecular complexity index is 1050. The molecule has 8 heteroatoms. The van der Waals surface area contributed by atoms with Crippen molar-refractivity contribution < 1.29 is 14.0 Å². The van der Waals surface area contributed by atoms with Crippen LogP contribution in [0.1, 0.15) is 29.1 Å². The van der Waals surface area contributed by atoms with Gasteiger partial charge in [0.25, 0.3) is 5.91 Å². The van der Waals surface area contributed by atoms with Crippen molar-refractivity contribution in [3.63, 3.8) is 0 Å². The molecule has 0 spiro atoms. The molecule has 0 aliphatic carbocycles. The van der Waals surface area contributed by atoms with Crippen LogP contribution in [0.2, 0.25) is 0 Å². The van der Waals surface area contributed by atoms with Crippen molar-refractivity contribution in [2.24, 2.45) is 11.7 Å². The number of pyridine rings is 1. The van der Waals surface area contributed by atoms with Crippen LogP contribution in [0.5, 0.6) is 0 Å². The summed E-state index contributed by atoms with van der Waals surface area (Å²) in [6.07, 6.45) is 3.29. The number of benzene rings is 1. The molecule has 0 radical (unpaired) electrons. The number of primary amides is 1. The van der Waals surface area contributed by atoms with Gasteiger partial charge in [-0.3, -0.25) is 9.59 Å². The Morgan fingerprint density at radius 2 is 2.00 bits per heavy atom. The Morgan fingerprint density at radius 3 is 2.70 bits per heavy atom. The summed E-state index contributed by atoms with van der Waals surface area (Å²) in [5, 5.41) is 2.80. The summed E-state index contributed by atoms with van der Waals surface area (Å²) >= 11 is 0. The third-order valence-electron chi connectivity index (χ3n) is 5.19. The summed E-state index contributed by atoms with van der Waals surface area (Å²) in [5.41, 5.74) is 7.04. The molecule has 0 bridgehead atoms. The monoisotopic (exact) mass is 405 g/mol. The zero-order valence-corrected chi connectivity index (χ0v) is 16.7. The zero-order valence-electron chi connectivity index (χ0n) is 16.7. The second kappa shape index (κ2) is 8.36. The second-order valence-corrected chi connectivity index (χ2v) is 7.34. The van der Waals surface area contributed by atoms with E-state index in [0.717, 1.165) is 30.8 Å². The van der Waals surface area contributed by atoms with Crippen LogP contribution >= 0.6 is 0 Å². The topological polar surface area (TPSA) is 114 Å². The van der Waals surface area contributed by atoms with E-state index in [1.807, 2.05) is 41.3 Å². The molecule has 2 amide bonds. The Morgan fingerprint density at radius 1 is 1.20 bits per heavy atom. The van der Waals surface area contributed by atoms with Crippen LogP contribution in [0.4, 0.5) is 11.5 Å². The molecule has 1 aliphatic rings. The fourth-order valence-corrected chi connectivity index (χ4v) is 3.57. The molecule has 8 nitrogen and oxygen atoms in total.